The lowest BCUT2D eigenvalue weighted by molar-refractivity contribution is -0.308. The van der Waals surface area contributed by atoms with Crippen LogP contribution in [0, 0.1) is 11.8 Å². The highest BCUT2D eigenvalue weighted by molar-refractivity contribution is 5.71. The Morgan fingerprint density at radius 2 is 1.86 bits per heavy atom. The van der Waals surface area contributed by atoms with Crippen LogP contribution in [0.4, 0.5) is 0 Å². The summed E-state index contributed by atoms with van der Waals surface area (Å²) in [6, 6.07) is 0. The molecule has 14 heavy (non-hydrogen) atoms. The molecule has 2 atom stereocenters. The Kier molecular flexibility index (Phi) is 4.99. The van der Waals surface area contributed by atoms with Crippen molar-refractivity contribution in [3.8, 4) is 0 Å². The van der Waals surface area contributed by atoms with Crippen molar-refractivity contribution in [2.75, 3.05) is 0 Å². The van der Waals surface area contributed by atoms with E-state index in [9.17, 15) is 9.90 Å². The Labute approximate surface area is 86.7 Å². The molecule has 82 valence electrons. The van der Waals surface area contributed by atoms with Crippen molar-refractivity contribution in [3.63, 3.8) is 0 Å². The minimum Gasteiger partial charge on any atom is -0.550 e. The van der Waals surface area contributed by atoms with Gasteiger partial charge in [-0.3, -0.25) is 0 Å². The second-order valence-electron chi connectivity index (χ2n) is 4.48. The molecule has 1 aliphatic rings. The maximum absolute atomic E-state index is 10.4. The fraction of sp³-hybridized carbons (Fsp3) is 0.917. The van der Waals surface area contributed by atoms with Gasteiger partial charge in [0.15, 0.2) is 0 Å². The molecule has 0 bridgehead atoms. The van der Waals surface area contributed by atoms with Crippen LogP contribution in [0.25, 0.3) is 0 Å². The van der Waals surface area contributed by atoms with Crippen LogP contribution in [-0.4, -0.2) is 5.97 Å². The van der Waals surface area contributed by atoms with Gasteiger partial charge in [-0.2, -0.15) is 0 Å². The molecule has 0 saturated heterocycles. The molecule has 0 aromatic rings. The Balaban J connectivity index is 1.84. The van der Waals surface area contributed by atoms with Gasteiger partial charge in [0, 0.05) is 11.9 Å². The average molecular weight is 197 g/mol. The summed E-state index contributed by atoms with van der Waals surface area (Å²) in [6.07, 6.45) is 9.73. The molecule has 1 fully saturated rings. The molecule has 2 heteroatoms. The van der Waals surface area contributed by atoms with Gasteiger partial charge in [0.2, 0.25) is 0 Å². The van der Waals surface area contributed by atoms with Crippen molar-refractivity contribution >= 4 is 5.97 Å². The van der Waals surface area contributed by atoms with Crippen LogP contribution in [-0.2, 0) is 4.79 Å². The molecule has 0 heterocycles. The first-order chi connectivity index (χ1) is 6.75. The minimum absolute atomic E-state index is 0.106. The van der Waals surface area contributed by atoms with Crippen molar-refractivity contribution in [1.29, 1.82) is 0 Å². The third-order valence-electron chi connectivity index (χ3n) is 3.15. The van der Waals surface area contributed by atoms with Gasteiger partial charge in [-0.15, -0.1) is 0 Å². The van der Waals surface area contributed by atoms with E-state index < -0.39 is 5.97 Å². The van der Waals surface area contributed by atoms with Crippen LogP contribution < -0.4 is 5.11 Å². The summed E-state index contributed by atoms with van der Waals surface area (Å²) >= 11 is 0. The monoisotopic (exact) mass is 197 g/mol. The van der Waals surface area contributed by atoms with E-state index in [2.05, 4.69) is 6.92 Å². The van der Waals surface area contributed by atoms with E-state index in [1.54, 1.807) is 0 Å². The van der Waals surface area contributed by atoms with Crippen molar-refractivity contribution in [3.05, 3.63) is 0 Å². The third-order valence-corrected chi connectivity index (χ3v) is 3.15. The van der Waals surface area contributed by atoms with E-state index in [0.717, 1.165) is 12.8 Å². The number of rotatable bonds is 8. The summed E-state index contributed by atoms with van der Waals surface area (Å²) in [7, 11) is 0. The van der Waals surface area contributed by atoms with Crippen LogP contribution in [0.5, 0.6) is 0 Å². The summed E-state index contributed by atoms with van der Waals surface area (Å²) < 4.78 is 0. The molecule has 0 spiro atoms. The molecule has 0 N–H and O–H groups in total. The van der Waals surface area contributed by atoms with Gasteiger partial charge in [0.1, 0.15) is 0 Å². The van der Waals surface area contributed by atoms with Crippen molar-refractivity contribution in [2.24, 2.45) is 11.8 Å². The lowest BCUT2D eigenvalue weighted by Gasteiger charge is -2.01. The van der Waals surface area contributed by atoms with Crippen molar-refractivity contribution in [2.45, 2.75) is 58.3 Å². The molecule has 0 amide bonds. The molecule has 0 aromatic heterocycles. The second kappa shape index (κ2) is 6.05. The molecule has 0 unspecified atom stereocenters. The number of carbonyl (C=O) groups excluding carboxylic acids is 1. The van der Waals surface area contributed by atoms with Gasteiger partial charge < -0.3 is 9.90 Å². The van der Waals surface area contributed by atoms with E-state index in [0.29, 0.717) is 5.92 Å². The molecule has 1 saturated carbocycles. The number of hydrogen-bond donors (Lipinski definition) is 0. The molecule has 0 radical (unpaired) electrons. The molecule has 0 aromatic carbocycles. The van der Waals surface area contributed by atoms with Crippen LogP contribution in [0.1, 0.15) is 58.3 Å². The normalized spacial score (nSPS) is 24.9. The lowest BCUT2D eigenvalue weighted by atomic mass is 10.1. The van der Waals surface area contributed by atoms with Crippen LogP contribution in [0.2, 0.25) is 0 Å². The van der Waals surface area contributed by atoms with E-state index >= 15 is 0 Å². The first-order valence-corrected chi connectivity index (χ1v) is 5.96. The largest absolute Gasteiger partial charge is 0.550 e. The molecule has 1 aliphatic carbocycles. The Hall–Kier alpha value is -0.530. The number of unbranched alkanes of at least 4 members (excludes halogenated alkanes) is 5. The first kappa shape index (κ1) is 11.5. The number of carbonyl (C=O) groups is 1. The maximum atomic E-state index is 10.4. The topological polar surface area (TPSA) is 40.1 Å². The molecular formula is C12H21O2-. The van der Waals surface area contributed by atoms with Gasteiger partial charge in [-0.1, -0.05) is 45.4 Å². The van der Waals surface area contributed by atoms with Gasteiger partial charge in [0.25, 0.3) is 0 Å². The maximum Gasteiger partial charge on any atom is 0.0448 e. The van der Waals surface area contributed by atoms with E-state index in [1.165, 1.54) is 38.5 Å². The standard InChI is InChI=1S/C12H22O2/c1-2-3-4-5-6-7-8-10-9-11(10)12(13)14/h10-11H,2-9H2,1H3,(H,13,14)/p-1/t10-,11-/m1/s1. The highest BCUT2D eigenvalue weighted by Crippen LogP contribution is 2.41. The smallest absolute Gasteiger partial charge is 0.0448 e. The molecule has 0 aliphatic heterocycles. The molecular weight excluding hydrogens is 176 g/mol. The van der Waals surface area contributed by atoms with E-state index in [-0.39, 0.29) is 5.92 Å². The zero-order valence-electron chi connectivity index (χ0n) is 9.13. The summed E-state index contributed by atoms with van der Waals surface area (Å²) in [5, 5.41) is 10.4. The Bertz CT molecular complexity index is 177. The van der Waals surface area contributed by atoms with Crippen molar-refractivity contribution in [1.82, 2.24) is 0 Å². The van der Waals surface area contributed by atoms with Crippen LogP contribution >= 0.6 is 0 Å². The second-order valence-corrected chi connectivity index (χ2v) is 4.48. The number of hydrogen-bond acceptors (Lipinski definition) is 2. The summed E-state index contributed by atoms with van der Waals surface area (Å²) in [4.78, 5) is 10.4. The average Bonchev–Trinajstić information content (AvgIpc) is 2.90. The van der Waals surface area contributed by atoms with E-state index in [4.69, 9.17) is 0 Å². The third kappa shape index (κ3) is 4.12. The Morgan fingerprint density at radius 3 is 2.43 bits per heavy atom. The molecule has 1 rings (SSSR count). The zero-order chi connectivity index (χ0) is 10.4. The predicted octanol–water partition coefficient (Wildman–Crippen LogP) is 2.12. The fourth-order valence-corrected chi connectivity index (χ4v) is 2.04. The minimum atomic E-state index is -0.832. The fourth-order valence-electron chi connectivity index (χ4n) is 2.04. The highest BCUT2D eigenvalue weighted by atomic mass is 16.4. The van der Waals surface area contributed by atoms with Crippen LogP contribution in [0.3, 0.4) is 0 Å². The summed E-state index contributed by atoms with van der Waals surface area (Å²) in [5.74, 6) is -0.488. The van der Waals surface area contributed by atoms with E-state index in [1.807, 2.05) is 0 Å². The van der Waals surface area contributed by atoms with Gasteiger partial charge in [-0.25, -0.2) is 0 Å². The number of aliphatic carboxylic acids is 1. The Morgan fingerprint density at radius 1 is 1.21 bits per heavy atom. The van der Waals surface area contributed by atoms with Gasteiger partial charge in [-0.05, 0) is 18.8 Å². The predicted molar refractivity (Wildman–Crippen MR) is 54.6 cm³/mol. The molecule has 2 nitrogen and oxygen atoms in total. The number of carboxylic acid groups (broad SMARTS) is 1. The summed E-state index contributed by atoms with van der Waals surface area (Å²) in [5.41, 5.74) is 0. The highest BCUT2D eigenvalue weighted by Gasteiger charge is 2.36. The SMILES string of the molecule is CCCCCCCC[C@@H]1C[C@H]1C(=O)[O-]. The number of carboxylic acids is 1. The lowest BCUT2D eigenvalue weighted by Crippen LogP contribution is -2.24. The van der Waals surface area contributed by atoms with Gasteiger partial charge >= 0.3 is 0 Å². The first-order valence-electron chi connectivity index (χ1n) is 5.96. The summed E-state index contributed by atoms with van der Waals surface area (Å²) in [6.45, 7) is 2.22. The van der Waals surface area contributed by atoms with Crippen molar-refractivity contribution < 1.29 is 9.90 Å². The quantitative estimate of drug-likeness (QED) is 0.559. The van der Waals surface area contributed by atoms with Crippen LogP contribution in [0.15, 0.2) is 0 Å². The zero-order valence-corrected chi connectivity index (χ0v) is 9.13. The van der Waals surface area contributed by atoms with Gasteiger partial charge in [0.05, 0.1) is 0 Å².